The van der Waals surface area contributed by atoms with Gasteiger partial charge >= 0.3 is 0 Å². The molecule has 0 aliphatic heterocycles. The highest BCUT2D eigenvalue weighted by molar-refractivity contribution is 5.34. The molecule has 0 saturated heterocycles. The van der Waals surface area contributed by atoms with Crippen LogP contribution >= 0.6 is 0 Å². The van der Waals surface area contributed by atoms with E-state index in [0.29, 0.717) is 12.3 Å². The third kappa shape index (κ3) is 3.36. The molecule has 1 aromatic carbocycles. The van der Waals surface area contributed by atoms with Gasteiger partial charge in [0.1, 0.15) is 17.7 Å². The summed E-state index contributed by atoms with van der Waals surface area (Å²) in [6.45, 7) is 6.10. The molecule has 3 heteroatoms. The lowest BCUT2D eigenvalue weighted by Crippen LogP contribution is -2.12. The molecule has 0 heterocycles. The molecule has 1 atom stereocenters. The molecule has 1 rings (SSSR count). The lowest BCUT2D eigenvalue weighted by atomic mass is 10.2. The Kier molecular flexibility index (Phi) is 4.31. The van der Waals surface area contributed by atoms with Gasteiger partial charge in [-0.15, -0.1) is 0 Å². The average Bonchev–Trinajstić information content (AvgIpc) is 2.22. The molecule has 0 radical (unpaired) electrons. The average molecular weight is 209 g/mol. The summed E-state index contributed by atoms with van der Waals surface area (Å²) >= 11 is 0. The van der Waals surface area contributed by atoms with Crippen molar-refractivity contribution in [2.75, 3.05) is 7.05 Å². The Morgan fingerprint density at radius 2 is 2.33 bits per heavy atom. The fourth-order valence-corrected chi connectivity index (χ4v) is 1.24. The zero-order valence-electron chi connectivity index (χ0n) is 9.09. The van der Waals surface area contributed by atoms with Gasteiger partial charge in [-0.3, -0.25) is 0 Å². The molecule has 0 aliphatic carbocycles. The van der Waals surface area contributed by atoms with Crippen LogP contribution < -0.4 is 10.1 Å². The Morgan fingerprint density at radius 1 is 1.60 bits per heavy atom. The normalized spacial score (nSPS) is 12.2. The molecule has 15 heavy (non-hydrogen) atoms. The van der Waals surface area contributed by atoms with Gasteiger partial charge in [0.15, 0.2) is 0 Å². The second-order valence-corrected chi connectivity index (χ2v) is 3.34. The van der Waals surface area contributed by atoms with Crippen molar-refractivity contribution < 1.29 is 9.13 Å². The predicted octanol–water partition coefficient (Wildman–Crippen LogP) is 2.50. The summed E-state index contributed by atoms with van der Waals surface area (Å²) < 4.78 is 18.6. The number of hydrogen-bond donors (Lipinski definition) is 1. The zero-order chi connectivity index (χ0) is 11.3. The van der Waals surface area contributed by atoms with Crippen LogP contribution in [0.2, 0.25) is 0 Å². The highest BCUT2D eigenvalue weighted by Gasteiger charge is 2.06. The van der Waals surface area contributed by atoms with Crippen LogP contribution in [-0.4, -0.2) is 13.2 Å². The van der Waals surface area contributed by atoms with Crippen LogP contribution in [0.3, 0.4) is 0 Å². The second kappa shape index (κ2) is 5.51. The van der Waals surface area contributed by atoms with Gasteiger partial charge in [-0.25, -0.2) is 4.39 Å². The quantitative estimate of drug-likeness (QED) is 0.752. The number of benzene rings is 1. The fraction of sp³-hybridized carbons (Fsp3) is 0.333. The molecule has 1 aromatic rings. The van der Waals surface area contributed by atoms with Gasteiger partial charge < -0.3 is 10.1 Å². The van der Waals surface area contributed by atoms with Crippen LogP contribution in [0.5, 0.6) is 5.75 Å². The van der Waals surface area contributed by atoms with E-state index in [1.165, 1.54) is 12.1 Å². The van der Waals surface area contributed by atoms with E-state index in [1.54, 1.807) is 12.1 Å². The molecule has 0 bridgehead atoms. The summed E-state index contributed by atoms with van der Waals surface area (Å²) in [7, 11) is 1.81. The molecule has 0 aliphatic rings. The van der Waals surface area contributed by atoms with Gasteiger partial charge in [-0.05, 0) is 32.2 Å². The van der Waals surface area contributed by atoms with E-state index in [9.17, 15) is 4.39 Å². The molecular weight excluding hydrogens is 193 g/mol. The number of rotatable bonds is 5. The molecule has 2 nitrogen and oxygen atoms in total. The molecular formula is C12H16FNO. The molecule has 0 saturated carbocycles. The van der Waals surface area contributed by atoms with Crippen LogP contribution in [0.25, 0.3) is 0 Å². The van der Waals surface area contributed by atoms with E-state index >= 15 is 0 Å². The van der Waals surface area contributed by atoms with Gasteiger partial charge in [0.05, 0.1) is 0 Å². The minimum absolute atomic E-state index is 0.0777. The topological polar surface area (TPSA) is 21.3 Å². The van der Waals surface area contributed by atoms with E-state index in [-0.39, 0.29) is 11.9 Å². The molecule has 0 fully saturated rings. The van der Waals surface area contributed by atoms with Gasteiger partial charge in [-0.2, -0.15) is 0 Å². The summed E-state index contributed by atoms with van der Waals surface area (Å²) in [5.41, 5.74) is 0.811. The highest BCUT2D eigenvalue weighted by Crippen LogP contribution is 2.20. The zero-order valence-corrected chi connectivity index (χ0v) is 9.09. The summed E-state index contributed by atoms with van der Waals surface area (Å²) in [5.74, 6) is 0.442. The second-order valence-electron chi connectivity index (χ2n) is 3.34. The minimum atomic E-state index is -0.251. The first kappa shape index (κ1) is 11.7. The first-order chi connectivity index (χ1) is 7.17. The van der Waals surface area contributed by atoms with Crippen molar-refractivity contribution in [2.45, 2.75) is 19.6 Å². The maximum atomic E-state index is 13.0. The first-order valence-electron chi connectivity index (χ1n) is 4.89. The highest BCUT2D eigenvalue weighted by atomic mass is 19.1. The Morgan fingerprint density at radius 3 is 2.93 bits per heavy atom. The third-order valence-corrected chi connectivity index (χ3v) is 2.03. The Bertz CT molecular complexity index is 338. The van der Waals surface area contributed by atoms with E-state index in [0.717, 1.165) is 5.56 Å². The van der Waals surface area contributed by atoms with Crippen molar-refractivity contribution in [1.29, 1.82) is 0 Å². The molecule has 1 unspecified atom stereocenters. The fourth-order valence-electron chi connectivity index (χ4n) is 1.24. The van der Waals surface area contributed by atoms with Crippen molar-refractivity contribution in [3.05, 3.63) is 42.2 Å². The number of halogens is 1. The Labute approximate surface area is 89.8 Å². The third-order valence-electron chi connectivity index (χ3n) is 2.03. The standard InChI is InChI=1S/C12H16FNO/c1-4-9(2)15-12-6-5-11(13)7-10(12)8-14-3/h4-7,9,14H,1,8H2,2-3H3. The van der Waals surface area contributed by atoms with Gasteiger partial charge in [0.25, 0.3) is 0 Å². The summed E-state index contributed by atoms with van der Waals surface area (Å²) in [6.07, 6.45) is 1.62. The summed E-state index contributed by atoms with van der Waals surface area (Å²) in [4.78, 5) is 0. The van der Waals surface area contributed by atoms with E-state index in [4.69, 9.17) is 4.74 Å². The molecule has 0 amide bonds. The van der Waals surface area contributed by atoms with E-state index in [1.807, 2.05) is 14.0 Å². The van der Waals surface area contributed by atoms with Crippen molar-refractivity contribution in [3.8, 4) is 5.75 Å². The van der Waals surface area contributed by atoms with E-state index in [2.05, 4.69) is 11.9 Å². The molecule has 0 spiro atoms. The van der Waals surface area contributed by atoms with Crippen molar-refractivity contribution >= 4 is 0 Å². The summed E-state index contributed by atoms with van der Waals surface area (Å²) in [6, 6.07) is 4.51. The van der Waals surface area contributed by atoms with Crippen molar-refractivity contribution in [2.24, 2.45) is 0 Å². The van der Waals surface area contributed by atoms with Crippen LogP contribution in [0.4, 0.5) is 4.39 Å². The minimum Gasteiger partial charge on any atom is -0.486 e. The lowest BCUT2D eigenvalue weighted by molar-refractivity contribution is 0.266. The number of hydrogen-bond acceptors (Lipinski definition) is 2. The number of nitrogens with one attached hydrogen (secondary N) is 1. The van der Waals surface area contributed by atoms with Gasteiger partial charge in [0.2, 0.25) is 0 Å². The van der Waals surface area contributed by atoms with Gasteiger partial charge in [0, 0.05) is 12.1 Å². The van der Waals surface area contributed by atoms with Crippen molar-refractivity contribution in [3.63, 3.8) is 0 Å². The SMILES string of the molecule is C=CC(C)Oc1ccc(F)cc1CNC. The maximum absolute atomic E-state index is 13.0. The van der Waals surface area contributed by atoms with Crippen LogP contribution in [-0.2, 0) is 6.54 Å². The molecule has 82 valence electrons. The lowest BCUT2D eigenvalue weighted by Gasteiger charge is -2.14. The number of ether oxygens (including phenoxy) is 1. The van der Waals surface area contributed by atoms with Crippen LogP contribution in [0, 0.1) is 5.82 Å². The van der Waals surface area contributed by atoms with Gasteiger partial charge in [-0.1, -0.05) is 12.7 Å². The molecule has 1 N–H and O–H groups in total. The Hall–Kier alpha value is -1.35. The van der Waals surface area contributed by atoms with Crippen LogP contribution in [0.1, 0.15) is 12.5 Å². The Balaban J connectivity index is 2.89. The van der Waals surface area contributed by atoms with E-state index < -0.39 is 0 Å². The first-order valence-corrected chi connectivity index (χ1v) is 4.89. The maximum Gasteiger partial charge on any atom is 0.124 e. The summed E-state index contributed by atoms with van der Waals surface area (Å²) in [5, 5.41) is 2.97. The smallest absolute Gasteiger partial charge is 0.124 e. The molecule has 0 aromatic heterocycles. The largest absolute Gasteiger partial charge is 0.486 e. The monoisotopic (exact) mass is 209 g/mol. The van der Waals surface area contributed by atoms with Crippen molar-refractivity contribution in [1.82, 2.24) is 5.32 Å². The predicted molar refractivity (Wildman–Crippen MR) is 59.5 cm³/mol. The van der Waals surface area contributed by atoms with Crippen LogP contribution in [0.15, 0.2) is 30.9 Å².